The molecule has 0 aliphatic rings. The number of fused-ring (bicyclic) bond motifs is 2. The second kappa shape index (κ2) is 8.92. The van der Waals surface area contributed by atoms with Gasteiger partial charge < -0.3 is 14.8 Å². The van der Waals surface area contributed by atoms with Gasteiger partial charge in [-0.15, -0.1) is 5.11 Å². The van der Waals surface area contributed by atoms with E-state index in [9.17, 15) is 10.2 Å². The van der Waals surface area contributed by atoms with E-state index in [2.05, 4.69) is 24.8 Å². The van der Waals surface area contributed by atoms with Gasteiger partial charge in [0.15, 0.2) is 5.82 Å². The lowest BCUT2D eigenvalue weighted by Gasteiger charge is -2.08. The van der Waals surface area contributed by atoms with Gasteiger partial charge >= 0.3 is 0 Å². The Morgan fingerprint density at radius 2 is 1.64 bits per heavy atom. The molecule has 0 unspecified atom stereocenters. The van der Waals surface area contributed by atoms with Gasteiger partial charge in [-0.25, -0.2) is 4.98 Å². The third kappa shape index (κ3) is 4.01. The molecule has 6 aromatic rings. The molecule has 3 heterocycles. The zero-order valence-corrected chi connectivity index (χ0v) is 19.0. The number of aromatic hydroxyl groups is 2. The number of phenols is 2. The van der Waals surface area contributed by atoms with Gasteiger partial charge in [-0.05, 0) is 72.1 Å². The highest BCUT2D eigenvalue weighted by Crippen LogP contribution is 2.37. The molecular formula is C28H20N6O2. The van der Waals surface area contributed by atoms with Crippen molar-refractivity contribution in [1.29, 1.82) is 0 Å². The fraction of sp³-hybridized carbons (Fsp3) is 0.0357. The minimum atomic E-state index is 0.00935. The van der Waals surface area contributed by atoms with Crippen LogP contribution in [0, 0.1) is 0 Å². The van der Waals surface area contributed by atoms with Crippen molar-refractivity contribution < 1.29 is 10.2 Å². The molecule has 0 saturated carbocycles. The summed E-state index contributed by atoms with van der Waals surface area (Å²) in [5, 5.41) is 30.3. The summed E-state index contributed by atoms with van der Waals surface area (Å²) >= 11 is 0. The molecule has 8 heteroatoms. The fourth-order valence-electron chi connectivity index (χ4n) is 4.19. The zero-order valence-electron chi connectivity index (χ0n) is 19.0. The molecule has 3 aromatic carbocycles. The van der Waals surface area contributed by atoms with E-state index in [-0.39, 0.29) is 11.5 Å². The number of nitrogens with zero attached hydrogens (tertiary/aromatic N) is 6. The molecule has 174 valence electrons. The van der Waals surface area contributed by atoms with Crippen LogP contribution >= 0.6 is 0 Å². The van der Waals surface area contributed by atoms with Crippen LogP contribution in [0.5, 0.6) is 11.5 Å². The molecule has 0 bridgehead atoms. The summed E-state index contributed by atoms with van der Waals surface area (Å²) in [5.41, 5.74) is 4.26. The topological polar surface area (TPSA) is 109 Å². The number of imidazole rings is 1. The van der Waals surface area contributed by atoms with Crippen molar-refractivity contribution in [3.63, 3.8) is 0 Å². The Kier molecular flexibility index (Phi) is 5.31. The maximum atomic E-state index is 10.4. The number of hydrogen-bond acceptors (Lipinski definition) is 7. The first-order valence-corrected chi connectivity index (χ1v) is 11.3. The molecule has 0 amide bonds. The number of aromatic nitrogens is 4. The van der Waals surface area contributed by atoms with Crippen molar-refractivity contribution in [3.8, 4) is 23.0 Å². The van der Waals surface area contributed by atoms with Crippen LogP contribution in [0.2, 0.25) is 0 Å². The third-order valence-corrected chi connectivity index (χ3v) is 5.89. The number of benzene rings is 3. The Morgan fingerprint density at radius 1 is 0.778 bits per heavy atom. The van der Waals surface area contributed by atoms with E-state index in [1.54, 1.807) is 36.7 Å². The van der Waals surface area contributed by atoms with Gasteiger partial charge in [0, 0.05) is 17.8 Å². The van der Waals surface area contributed by atoms with Gasteiger partial charge in [0.2, 0.25) is 0 Å². The average Bonchev–Trinajstić information content (AvgIpc) is 3.26. The molecule has 0 aliphatic heterocycles. The van der Waals surface area contributed by atoms with Gasteiger partial charge in [-0.1, -0.05) is 18.2 Å². The molecule has 0 fully saturated rings. The van der Waals surface area contributed by atoms with Gasteiger partial charge in [0.05, 0.1) is 29.0 Å². The van der Waals surface area contributed by atoms with E-state index in [1.165, 1.54) is 6.07 Å². The van der Waals surface area contributed by atoms with Crippen molar-refractivity contribution in [2.24, 2.45) is 10.2 Å². The average molecular weight is 473 g/mol. The molecule has 0 atom stereocenters. The standard InChI is InChI=1S/C28H20N6O2/c35-21-9-10-22-18(15-21)7-12-26(36)27(22)33-32-19-8-11-25-24(16-19)31-28(23-6-2-4-14-30-23)34(25)17-20-5-1-3-13-29-20/h1-16,35-36H,17H2/b33-32+. The summed E-state index contributed by atoms with van der Waals surface area (Å²) in [6, 6.07) is 25.4. The maximum Gasteiger partial charge on any atom is 0.160 e. The number of pyridine rings is 2. The van der Waals surface area contributed by atoms with E-state index >= 15 is 0 Å². The van der Waals surface area contributed by atoms with Crippen LogP contribution in [0.4, 0.5) is 11.4 Å². The molecule has 3 aromatic heterocycles. The van der Waals surface area contributed by atoms with E-state index in [1.807, 2.05) is 54.6 Å². The van der Waals surface area contributed by atoms with Gasteiger partial charge in [-0.2, -0.15) is 5.11 Å². The zero-order chi connectivity index (χ0) is 24.5. The second-order valence-corrected chi connectivity index (χ2v) is 8.27. The first-order valence-electron chi connectivity index (χ1n) is 11.3. The molecular weight excluding hydrogens is 452 g/mol. The first kappa shape index (κ1) is 21.4. The van der Waals surface area contributed by atoms with E-state index < -0.39 is 0 Å². The van der Waals surface area contributed by atoms with Crippen LogP contribution in [-0.2, 0) is 6.54 Å². The Bertz CT molecular complexity index is 1730. The van der Waals surface area contributed by atoms with Crippen LogP contribution in [-0.4, -0.2) is 29.7 Å². The van der Waals surface area contributed by atoms with E-state index in [0.29, 0.717) is 23.3 Å². The van der Waals surface area contributed by atoms with Crippen LogP contribution in [0.1, 0.15) is 5.69 Å². The maximum absolute atomic E-state index is 10.4. The molecule has 0 radical (unpaired) electrons. The summed E-state index contributed by atoms with van der Waals surface area (Å²) in [4.78, 5) is 13.8. The quantitative estimate of drug-likeness (QED) is 0.278. The van der Waals surface area contributed by atoms with Crippen molar-refractivity contribution in [1.82, 2.24) is 19.5 Å². The highest BCUT2D eigenvalue weighted by Gasteiger charge is 2.15. The van der Waals surface area contributed by atoms with Crippen molar-refractivity contribution in [3.05, 3.63) is 103 Å². The summed E-state index contributed by atoms with van der Waals surface area (Å²) in [6.45, 7) is 0.542. The number of phenolic OH excluding ortho intramolecular Hbond substituents is 2. The Balaban J connectivity index is 1.43. The van der Waals surface area contributed by atoms with E-state index in [0.717, 1.165) is 33.6 Å². The van der Waals surface area contributed by atoms with Gasteiger partial charge in [-0.3, -0.25) is 9.97 Å². The molecule has 2 N–H and O–H groups in total. The normalized spacial score (nSPS) is 11.6. The molecule has 0 aliphatic carbocycles. The lowest BCUT2D eigenvalue weighted by atomic mass is 10.1. The second-order valence-electron chi connectivity index (χ2n) is 8.27. The van der Waals surface area contributed by atoms with Crippen LogP contribution in [0.25, 0.3) is 33.3 Å². The van der Waals surface area contributed by atoms with Gasteiger partial charge in [0.25, 0.3) is 0 Å². The monoisotopic (exact) mass is 472 g/mol. The van der Waals surface area contributed by atoms with Crippen molar-refractivity contribution in [2.75, 3.05) is 0 Å². The SMILES string of the molecule is Oc1ccc2c(/N=N/c3ccc4c(c3)nc(-c3ccccn3)n4Cc3ccccn3)c(O)ccc2c1. The summed E-state index contributed by atoms with van der Waals surface area (Å²) in [7, 11) is 0. The molecule has 8 nitrogen and oxygen atoms in total. The highest BCUT2D eigenvalue weighted by molar-refractivity contribution is 5.96. The van der Waals surface area contributed by atoms with Gasteiger partial charge in [0.1, 0.15) is 22.9 Å². The fourth-order valence-corrected chi connectivity index (χ4v) is 4.19. The van der Waals surface area contributed by atoms with Crippen LogP contribution in [0.3, 0.4) is 0 Å². The largest absolute Gasteiger partial charge is 0.508 e. The lowest BCUT2D eigenvalue weighted by Crippen LogP contribution is -2.04. The Morgan fingerprint density at radius 3 is 2.44 bits per heavy atom. The number of azo groups is 1. The third-order valence-electron chi connectivity index (χ3n) is 5.89. The molecule has 36 heavy (non-hydrogen) atoms. The molecule has 0 saturated heterocycles. The summed E-state index contributed by atoms with van der Waals surface area (Å²) in [5.74, 6) is 0.887. The van der Waals surface area contributed by atoms with Crippen LogP contribution in [0.15, 0.2) is 108 Å². The molecule has 0 spiro atoms. The smallest absolute Gasteiger partial charge is 0.160 e. The summed E-state index contributed by atoms with van der Waals surface area (Å²) < 4.78 is 2.09. The van der Waals surface area contributed by atoms with E-state index in [4.69, 9.17) is 4.98 Å². The Hall–Kier alpha value is -5.11. The minimum Gasteiger partial charge on any atom is -0.508 e. The molecule has 6 rings (SSSR count). The first-order chi connectivity index (χ1) is 17.7. The van der Waals surface area contributed by atoms with Crippen molar-refractivity contribution in [2.45, 2.75) is 6.54 Å². The summed E-state index contributed by atoms with van der Waals surface area (Å²) in [6.07, 6.45) is 3.52. The predicted molar refractivity (Wildman–Crippen MR) is 138 cm³/mol. The van der Waals surface area contributed by atoms with Crippen LogP contribution < -0.4 is 0 Å². The lowest BCUT2D eigenvalue weighted by molar-refractivity contribution is 0.474. The Labute approximate surface area is 205 Å². The van der Waals surface area contributed by atoms with Crippen molar-refractivity contribution >= 4 is 33.2 Å². The number of hydrogen-bond donors (Lipinski definition) is 2. The number of rotatable bonds is 5. The highest BCUT2D eigenvalue weighted by atomic mass is 16.3. The predicted octanol–water partition coefficient (Wildman–Crippen LogP) is 6.52. The minimum absolute atomic E-state index is 0.00935.